The van der Waals surface area contributed by atoms with E-state index in [0.29, 0.717) is 6.54 Å². The van der Waals surface area contributed by atoms with Crippen molar-refractivity contribution in [2.24, 2.45) is 0 Å². The van der Waals surface area contributed by atoms with Gasteiger partial charge in [0, 0.05) is 31.1 Å². The highest BCUT2D eigenvalue weighted by molar-refractivity contribution is 7.98. The maximum Gasteiger partial charge on any atom is 0.261 e. The summed E-state index contributed by atoms with van der Waals surface area (Å²) in [6.07, 6.45) is 2.01. The van der Waals surface area contributed by atoms with Gasteiger partial charge >= 0.3 is 0 Å². The Morgan fingerprint density at radius 2 is 2.00 bits per heavy atom. The van der Waals surface area contributed by atoms with Crippen LogP contribution in [0.3, 0.4) is 0 Å². The number of hydrogen-bond acceptors (Lipinski definition) is 6. The van der Waals surface area contributed by atoms with Gasteiger partial charge < -0.3 is 4.74 Å². The number of benzene rings is 2. The lowest BCUT2D eigenvalue weighted by Gasteiger charge is -2.29. The van der Waals surface area contributed by atoms with Crippen molar-refractivity contribution < 1.29 is 9.53 Å². The Morgan fingerprint density at radius 1 is 1.23 bits per heavy atom. The van der Waals surface area contributed by atoms with Gasteiger partial charge in [0.2, 0.25) is 0 Å². The second kappa shape index (κ2) is 9.47. The van der Waals surface area contributed by atoms with Crippen molar-refractivity contribution >= 4 is 44.4 Å². The molecule has 2 aromatic carbocycles. The lowest BCUT2D eigenvalue weighted by Crippen LogP contribution is -2.43. The number of carbonyl (C=O) groups excluding carboxylic acids is 1. The number of rotatable bonds is 6. The molecule has 1 saturated heterocycles. The molecule has 1 aliphatic rings. The zero-order valence-corrected chi connectivity index (χ0v) is 19.3. The number of ether oxygens (including phenoxy) is 1. The minimum Gasteiger partial charge on any atom is -0.379 e. The Kier molecular flexibility index (Phi) is 6.73. The third-order valence-electron chi connectivity index (χ3n) is 5.38. The van der Waals surface area contributed by atoms with Crippen molar-refractivity contribution in [3.05, 3.63) is 53.1 Å². The SMILES string of the molecule is CSc1ccccc1C(=O)N(CCN1CCOCC1)c1nc2c(C)cc(C)cc2s1. The number of fused-ring (bicyclic) bond motifs is 1. The second-order valence-corrected chi connectivity index (χ2v) is 9.39. The largest absolute Gasteiger partial charge is 0.379 e. The third kappa shape index (κ3) is 4.54. The number of thioether (sulfide) groups is 1. The zero-order chi connectivity index (χ0) is 21.1. The van der Waals surface area contributed by atoms with Crippen molar-refractivity contribution in [1.82, 2.24) is 9.88 Å². The number of thiazole rings is 1. The van der Waals surface area contributed by atoms with Crippen LogP contribution in [0.2, 0.25) is 0 Å². The summed E-state index contributed by atoms with van der Waals surface area (Å²) in [5, 5.41) is 0.771. The minimum atomic E-state index is 0.0154. The van der Waals surface area contributed by atoms with E-state index in [9.17, 15) is 4.79 Å². The second-order valence-electron chi connectivity index (χ2n) is 7.54. The highest BCUT2D eigenvalue weighted by Gasteiger charge is 2.24. The Balaban J connectivity index is 1.69. The van der Waals surface area contributed by atoms with Crippen molar-refractivity contribution in [2.45, 2.75) is 18.7 Å². The van der Waals surface area contributed by atoms with Crippen LogP contribution in [0.5, 0.6) is 0 Å². The Labute approximate surface area is 186 Å². The molecule has 0 radical (unpaired) electrons. The summed E-state index contributed by atoms with van der Waals surface area (Å²) in [7, 11) is 0. The molecule has 0 atom stereocenters. The summed E-state index contributed by atoms with van der Waals surface area (Å²) in [5.41, 5.74) is 4.09. The van der Waals surface area contributed by atoms with Crippen LogP contribution in [0.15, 0.2) is 41.3 Å². The van der Waals surface area contributed by atoms with Gasteiger partial charge in [-0.15, -0.1) is 11.8 Å². The number of anilines is 1. The number of aryl methyl sites for hydroxylation is 2. The van der Waals surface area contributed by atoms with Gasteiger partial charge in [0.25, 0.3) is 5.91 Å². The van der Waals surface area contributed by atoms with E-state index in [1.54, 1.807) is 23.1 Å². The predicted molar refractivity (Wildman–Crippen MR) is 126 cm³/mol. The predicted octanol–water partition coefficient (Wildman–Crippen LogP) is 4.61. The standard InChI is InChI=1S/C23H27N3O2S2/c1-16-14-17(2)21-20(15-16)30-23(24-21)26(9-8-25-10-12-28-13-11-25)22(27)18-6-4-5-7-19(18)29-3/h4-7,14-15H,8-13H2,1-3H3. The minimum absolute atomic E-state index is 0.0154. The summed E-state index contributed by atoms with van der Waals surface area (Å²) < 4.78 is 6.60. The number of nitrogens with zero attached hydrogens (tertiary/aromatic N) is 3. The number of aromatic nitrogens is 1. The summed E-state index contributed by atoms with van der Waals surface area (Å²) in [6, 6.07) is 12.1. The van der Waals surface area contributed by atoms with Crippen molar-refractivity contribution in [2.75, 3.05) is 50.5 Å². The molecule has 1 aliphatic heterocycles. The van der Waals surface area contributed by atoms with Gasteiger partial charge in [-0.05, 0) is 49.4 Å². The highest BCUT2D eigenvalue weighted by atomic mass is 32.2. The van der Waals surface area contributed by atoms with E-state index >= 15 is 0 Å². The molecule has 3 aromatic rings. The van der Waals surface area contributed by atoms with Crippen LogP contribution in [0, 0.1) is 13.8 Å². The van der Waals surface area contributed by atoms with Gasteiger partial charge in [-0.25, -0.2) is 4.98 Å². The molecule has 4 rings (SSSR count). The smallest absolute Gasteiger partial charge is 0.261 e. The summed E-state index contributed by atoms with van der Waals surface area (Å²) >= 11 is 3.20. The van der Waals surface area contributed by atoms with E-state index in [0.717, 1.165) is 64.2 Å². The number of hydrogen-bond donors (Lipinski definition) is 0. The van der Waals surface area contributed by atoms with Crippen LogP contribution in [0.1, 0.15) is 21.5 Å². The lowest BCUT2D eigenvalue weighted by atomic mass is 10.1. The van der Waals surface area contributed by atoms with Crippen LogP contribution >= 0.6 is 23.1 Å². The first kappa shape index (κ1) is 21.3. The maximum atomic E-state index is 13.7. The average Bonchev–Trinajstić information content (AvgIpc) is 3.18. The molecule has 0 spiro atoms. The molecule has 5 nitrogen and oxygen atoms in total. The van der Waals surface area contributed by atoms with E-state index < -0.39 is 0 Å². The first-order valence-electron chi connectivity index (χ1n) is 10.2. The maximum absolute atomic E-state index is 13.7. The third-order valence-corrected chi connectivity index (χ3v) is 7.20. The monoisotopic (exact) mass is 441 g/mol. The molecule has 0 saturated carbocycles. The number of carbonyl (C=O) groups is 1. The molecule has 30 heavy (non-hydrogen) atoms. The quantitative estimate of drug-likeness (QED) is 0.523. The molecule has 1 fully saturated rings. The van der Waals surface area contributed by atoms with E-state index in [1.807, 2.05) is 35.4 Å². The van der Waals surface area contributed by atoms with Gasteiger partial charge in [-0.1, -0.05) is 29.5 Å². The first-order valence-corrected chi connectivity index (χ1v) is 12.2. The van der Waals surface area contributed by atoms with E-state index in [1.165, 1.54) is 5.56 Å². The van der Waals surface area contributed by atoms with Crippen molar-refractivity contribution in [1.29, 1.82) is 0 Å². The Morgan fingerprint density at radius 3 is 2.77 bits per heavy atom. The van der Waals surface area contributed by atoms with E-state index in [4.69, 9.17) is 9.72 Å². The highest BCUT2D eigenvalue weighted by Crippen LogP contribution is 2.33. The van der Waals surface area contributed by atoms with Gasteiger partial charge in [-0.3, -0.25) is 14.6 Å². The molecule has 0 bridgehead atoms. The van der Waals surface area contributed by atoms with Gasteiger partial charge in [-0.2, -0.15) is 0 Å². The molecule has 0 N–H and O–H groups in total. The topological polar surface area (TPSA) is 45.7 Å². The Hall–Kier alpha value is -1.93. The first-order chi connectivity index (χ1) is 14.6. The molecule has 2 heterocycles. The van der Waals surface area contributed by atoms with Crippen LogP contribution in [-0.4, -0.2) is 61.4 Å². The fourth-order valence-corrected chi connectivity index (χ4v) is 5.55. The molecule has 1 amide bonds. The Bertz CT molecular complexity index is 1040. The van der Waals surface area contributed by atoms with E-state index in [-0.39, 0.29) is 5.91 Å². The summed E-state index contributed by atoms with van der Waals surface area (Å²) in [5.74, 6) is 0.0154. The molecular formula is C23H27N3O2S2. The molecular weight excluding hydrogens is 414 g/mol. The lowest BCUT2D eigenvalue weighted by molar-refractivity contribution is 0.0391. The fourth-order valence-electron chi connectivity index (χ4n) is 3.79. The average molecular weight is 442 g/mol. The zero-order valence-electron chi connectivity index (χ0n) is 17.7. The molecule has 158 valence electrons. The normalized spacial score (nSPS) is 14.9. The van der Waals surface area contributed by atoms with E-state index in [2.05, 4.69) is 30.9 Å². The van der Waals surface area contributed by atoms with Crippen LogP contribution < -0.4 is 4.90 Å². The van der Waals surface area contributed by atoms with Crippen LogP contribution in [0.4, 0.5) is 5.13 Å². The van der Waals surface area contributed by atoms with Crippen molar-refractivity contribution in [3.63, 3.8) is 0 Å². The number of morpholine rings is 1. The van der Waals surface area contributed by atoms with Crippen LogP contribution in [-0.2, 0) is 4.74 Å². The molecule has 0 unspecified atom stereocenters. The molecule has 1 aromatic heterocycles. The number of amides is 1. The van der Waals surface area contributed by atoms with Crippen LogP contribution in [0.25, 0.3) is 10.2 Å². The fraction of sp³-hybridized carbons (Fsp3) is 0.391. The molecule has 7 heteroatoms. The van der Waals surface area contributed by atoms with Crippen molar-refractivity contribution in [3.8, 4) is 0 Å². The summed E-state index contributed by atoms with van der Waals surface area (Å²) in [4.78, 5) is 23.8. The molecule has 0 aliphatic carbocycles. The van der Waals surface area contributed by atoms with Gasteiger partial charge in [0.15, 0.2) is 5.13 Å². The van der Waals surface area contributed by atoms with Gasteiger partial charge in [0.05, 0.1) is 29.0 Å². The van der Waals surface area contributed by atoms with Gasteiger partial charge in [0.1, 0.15) is 0 Å². The summed E-state index contributed by atoms with van der Waals surface area (Å²) in [6.45, 7) is 8.92.